The van der Waals surface area contributed by atoms with Gasteiger partial charge in [-0.2, -0.15) is 0 Å². The average Bonchev–Trinajstić information content (AvgIpc) is 0.731. The van der Waals surface area contributed by atoms with E-state index in [0.29, 0.717) is 0 Å². The molecule has 0 N–H and O–H groups in total. The third-order valence-corrected chi connectivity index (χ3v) is 23.3. The smallest absolute Gasteiger partial charge is 0.0722 e. The van der Waals surface area contributed by atoms with Gasteiger partial charge in [-0.25, -0.2) is 15.0 Å². The van der Waals surface area contributed by atoms with Crippen LogP contribution in [0.2, 0.25) is 0 Å². The summed E-state index contributed by atoms with van der Waals surface area (Å²) in [5, 5.41) is 22.5. The van der Waals surface area contributed by atoms with Crippen LogP contribution >= 0.6 is 0 Å². The first-order valence-electron chi connectivity index (χ1n) is 40.7. The standard InChI is InChI=1S/2C40H26N2.C34H22N2/c1-2-11-31-27(9-1)10-7-16-32(31)40-35-14-5-3-12-33(35)39(34-13-4-6-15-36(34)40)30-21-19-28(20-22-30)37-17-8-18-38(42-37)29-23-25-41-26-24-29;1-2-9-31-26-32(21-16-27(31)8-1)40-35-12-5-3-10-33(35)39(34-11-4-6-13-36(34)40)30-19-17-28(18-20-30)37-14-7-15-38(42-37)29-22-24-41-25-23-29;1-2-11-25-23(9-1)10-7-16-26(25)33-27-12-3-5-14-29(27)34(30-15-6-4-13-28(30)33)32-18-8-17-31(36-32)24-19-21-35-22-20-24/h2*1-26H;1-22H. The average molecular weight is 1530 g/mol. The van der Waals surface area contributed by atoms with Crippen molar-refractivity contribution in [2.45, 2.75) is 0 Å². The molecule has 0 unspecified atom stereocenters. The number of nitrogens with zero attached hydrogens (tertiary/aromatic N) is 6. The van der Waals surface area contributed by atoms with Crippen LogP contribution in [0.15, 0.2) is 450 Å². The van der Waals surface area contributed by atoms with Crippen LogP contribution in [0.3, 0.4) is 0 Å². The van der Waals surface area contributed by atoms with Crippen LogP contribution in [-0.2, 0) is 0 Å². The molecule has 6 heteroatoms. The van der Waals surface area contributed by atoms with Crippen LogP contribution in [0.25, 0.3) is 220 Å². The van der Waals surface area contributed by atoms with Gasteiger partial charge in [-0.1, -0.05) is 334 Å². The first-order chi connectivity index (χ1) is 59.6. The van der Waals surface area contributed by atoms with Crippen molar-refractivity contribution in [2.24, 2.45) is 0 Å². The Morgan fingerprint density at radius 1 is 0.125 bits per heavy atom. The van der Waals surface area contributed by atoms with E-state index in [1.807, 2.05) is 60.9 Å². The molecule has 23 aromatic rings. The minimum Gasteiger partial charge on any atom is -0.265 e. The number of pyridine rings is 6. The second kappa shape index (κ2) is 31.6. The summed E-state index contributed by atoms with van der Waals surface area (Å²) in [6, 6.07) is 147. The van der Waals surface area contributed by atoms with E-state index in [1.54, 1.807) is 24.8 Å². The largest absolute Gasteiger partial charge is 0.265 e. The molecule has 0 fully saturated rings. The molecule has 0 saturated carbocycles. The normalized spacial score (nSPS) is 11.3. The second-order valence-corrected chi connectivity index (χ2v) is 30.2. The van der Waals surface area contributed by atoms with Crippen molar-refractivity contribution < 1.29 is 0 Å². The van der Waals surface area contributed by atoms with Gasteiger partial charge >= 0.3 is 0 Å². The first kappa shape index (κ1) is 71.7. The van der Waals surface area contributed by atoms with Crippen molar-refractivity contribution in [3.05, 3.63) is 450 Å². The van der Waals surface area contributed by atoms with E-state index in [4.69, 9.17) is 15.0 Å². The second-order valence-electron chi connectivity index (χ2n) is 30.2. The van der Waals surface area contributed by atoms with Gasteiger partial charge in [0.15, 0.2) is 0 Å². The van der Waals surface area contributed by atoms with Crippen molar-refractivity contribution in [2.75, 3.05) is 0 Å². The molecule has 6 nitrogen and oxygen atoms in total. The first-order valence-corrected chi connectivity index (χ1v) is 40.7. The molecule has 6 aromatic heterocycles. The molecule has 560 valence electrons. The summed E-state index contributed by atoms with van der Waals surface area (Å²) < 4.78 is 0. The molecule has 0 aliphatic heterocycles. The fourth-order valence-electron chi connectivity index (χ4n) is 17.8. The number of hydrogen-bond acceptors (Lipinski definition) is 6. The summed E-state index contributed by atoms with van der Waals surface area (Å²) in [5.74, 6) is 0. The summed E-state index contributed by atoms with van der Waals surface area (Å²) in [7, 11) is 0. The SMILES string of the molecule is c1cc(-c2ccncc2)nc(-c2c3ccccc3c(-c3cccc4ccccc34)c3ccccc23)c1.c1cc(-c2ccncc2)nc(-c2ccc(-c3c4ccccc4c(-c4ccc5ccccc5c4)c4ccccc34)cc2)c1.c1cc(-c2ccncc2)nc(-c2ccc(-c3c4ccccc4c(-c4cccc5ccccc45)c4ccccc34)cc2)c1. The molecular formula is C114H74N6. The van der Waals surface area contributed by atoms with Crippen molar-refractivity contribution in [1.29, 1.82) is 0 Å². The highest BCUT2D eigenvalue weighted by atomic mass is 14.7. The molecule has 0 radical (unpaired) electrons. The Kier molecular flexibility index (Phi) is 18.9. The van der Waals surface area contributed by atoms with Crippen LogP contribution in [0.1, 0.15) is 0 Å². The van der Waals surface area contributed by atoms with E-state index in [9.17, 15) is 0 Å². The number of hydrogen-bond donors (Lipinski definition) is 0. The van der Waals surface area contributed by atoms with Gasteiger partial charge in [-0.3, -0.25) is 15.0 Å². The van der Waals surface area contributed by atoms with E-state index in [0.717, 1.165) is 62.0 Å². The van der Waals surface area contributed by atoms with Gasteiger partial charge in [0.25, 0.3) is 0 Å². The van der Waals surface area contributed by atoms with Crippen molar-refractivity contribution in [3.8, 4) is 123 Å². The molecule has 6 heterocycles. The van der Waals surface area contributed by atoms with Crippen LogP contribution < -0.4 is 0 Å². The number of aromatic nitrogens is 6. The Morgan fingerprint density at radius 3 is 0.692 bits per heavy atom. The van der Waals surface area contributed by atoms with E-state index in [2.05, 4.69) is 379 Å². The molecule has 17 aromatic carbocycles. The van der Waals surface area contributed by atoms with Crippen molar-refractivity contribution in [1.82, 2.24) is 29.9 Å². The summed E-state index contributed by atoms with van der Waals surface area (Å²) in [6.45, 7) is 0. The van der Waals surface area contributed by atoms with Gasteiger partial charge < -0.3 is 0 Å². The maximum atomic E-state index is 5.14. The summed E-state index contributed by atoms with van der Waals surface area (Å²) in [5.41, 5.74) is 24.8. The third kappa shape index (κ3) is 13.5. The highest BCUT2D eigenvalue weighted by Gasteiger charge is 2.23. The Labute approximate surface area is 695 Å². The van der Waals surface area contributed by atoms with Gasteiger partial charge in [0.1, 0.15) is 0 Å². The lowest BCUT2D eigenvalue weighted by atomic mass is 9.84. The number of benzene rings is 17. The van der Waals surface area contributed by atoms with E-state index < -0.39 is 0 Å². The van der Waals surface area contributed by atoms with Crippen LogP contribution in [0, 0.1) is 0 Å². The Hall–Kier alpha value is -16.0. The molecule has 23 rings (SSSR count). The summed E-state index contributed by atoms with van der Waals surface area (Å²) in [4.78, 5) is 27.5. The zero-order valence-corrected chi connectivity index (χ0v) is 65.4. The van der Waals surface area contributed by atoms with Crippen LogP contribution in [-0.4, -0.2) is 29.9 Å². The number of fused-ring (bicyclic) bond motifs is 9. The highest BCUT2D eigenvalue weighted by molar-refractivity contribution is 6.26. The summed E-state index contributed by atoms with van der Waals surface area (Å²) >= 11 is 0. The zero-order chi connectivity index (χ0) is 79.7. The molecule has 0 aliphatic rings. The molecule has 0 aliphatic carbocycles. The number of rotatable bonds is 11. The quantitative estimate of drug-likeness (QED) is 0.120. The molecule has 120 heavy (non-hydrogen) atoms. The lowest BCUT2D eigenvalue weighted by molar-refractivity contribution is 1.29. The predicted octanol–water partition coefficient (Wildman–Crippen LogP) is 30.1. The monoisotopic (exact) mass is 1530 g/mol. The maximum Gasteiger partial charge on any atom is 0.0722 e. The molecule has 0 saturated heterocycles. The van der Waals surface area contributed by atoms with Gasteiger partial charge in [-0.05, 0) is 231 Å². The van der Waals surface area contributed by atoms with E-state index >= 15 is 0 Å². The highest BCUT2D eigenvalue weighted by Crippen LogP contribution is 2.49. The summed E-state index contributed by atoms with van der Waals surface area (Å²) in [6.07, 6.45) is 10.8. The lowest BCUT2D eigenvalue weighted by Gasteiger charge is -2.19. The molecule has 0 atom stereocenters. The zero-order valence-electron chi connectivity index (χ0n) is 65.4. The maximum absolute atomic E-state index is 5.14. The van der Waals surface area contributed by atoms with Crippen LogP contribution in [0.4, 0.5) is 0 Å². The Bertz CT molecular complexity index is 7640. The van der Waals surface area contributed by atoms with E-state index in [-0.39, 0.29) is 0 Å². The van der Waals surface area contributed by atoms with Gasteiger partial charge in [0.05, 0.1) is 34.2 Å². The third-order valence-electron chi connectivity index (χ3n) is 23.3. The lowest BCUT2D eigenvalue weighted by Crippen LogP contribution is -1.94. The van der Waals surface area contributed by atoms with Gasteiger partial charge in [-0.15, -0.1) is 0 Å². The van der Waals surface area contributed by atoms with Crippen molar-refractivity contribution >= 4 is 97.0 Å². The molecule has 0 bridgehead atoms. The fraction of sp³-hybridized carbons (Fsp3) is 0. The van der Waals surface area contributed by atoms with Crippen LogP contribution in [0.5, 0.6) is 0 Å². The van der Waals surface area contributed by atoms with Gasteiger partial charge in [0.2, 0.25) is 0 Å². The van der Waals surface area contributed by atoms with E-state index in [1.165, 1.54) is 158 Å². The molecular weight excluding hydrogens is 1450 g/mol. The molecule has 0 spiro atoms. The fourth-order valence-corrected chi connectivity index (χ4v) is 17.8. The predicted molar refractivity (Wildman–Crippen MR) is 503 cm³/mol. The Balaban J connectivity index is 0.000000112. The Morgan fingerprint density at radius 2 is 0.350 bits per heavy atom. The van der Waals surface area contributed by atoms with Gasteiger partial charge in [0, 0.05) is 70.6 Å². The minimum atomic E-state index is 0.944. The molecule has 0 amide bonds. The topological polar surface area (TPSA) is 77.3 Å². The minimum absolute atomic E-state index is 0.944. The van der Waals surface area contributed by atoms with Crippen molar-refractivity contribution in [3.63, 3.8) is 0 Å².